The van der Waals surface area contributed by atoms with E-state index < -0.39 is 65.1 Å². The second-order valence-electron chi connectivity index (χ2n) is 6.86. The van der Waals surface area contributed by atoms with Crippen LogP contribution in [0.4, 0.5) is 26.3 Å². The van der Waals surface area contributed by atoms with Crippen molar-refractivity contribution in [2.75, 3.05) is 0 Å². The number of esters is 2. The molecule has 0 aromatic rings. The molecule has 0 aromatic carbocycles. The van der Waals surface area contributed by atoms with Crippen LogP contribution in [-0.4, -0.2) is 69.2 Å². The molecule has 3 rings (SSSR count). The van der Waals surface area contributed by atoms with Crippen molar-refractivity contribution >= 4 is 29.4 Å². The molecule has 1 amide bonds. The molecule has 2 bridgehead atoms. The predicted molar refractivity (Wildman–Crippen MR) is 76.2 cm³/mol. The summed E-state index contributed by atoms with van der Waals surface area (Å²) in [7, 11) is 0. The van der Waals surface area contributed by atoms with Gasteiger partial charge in [0.2, 0.25) is 17.1 Å². The second kappa shape index (κ2) is 5.95. The number of hydrogen-bond donors (Lipinski definition) is 0. The van der Waals surface area contributed by atoms with Gasteiger partial charge in [0.25, 0.3) is 5.91 Å². The van der Waals surface area contributed by atoms with Crippen LogP contribution in [0.25, 0.3) is 0 Å². The number of carbonyl (C=O) groups excluding carboxylic acids is 5. The molecule has 2 fully saturated rings. The van der Waals surface area contributed by atoms with Crippen LogP contribution >= 0.6 is 0 Å². The number of Topliss-reactive ketones (excluding diaryl/α,β-unsaturated/α-hetero) is 1. The maximum Gasteiger partial charge on any atom is 0.491 e. The second-order valence-corrected chi connectivity index (χ2v) is 6.86. The third-order valence-corrected chi connectivity index (χ3v) is 4.94. The number of alkyl halides is 6. The first-order valence-corrected chi connectivity index (χ1v) is 7.96. The summed E-state index contributed by atoms with van der Waals surface area (Å²) >= 11 is 0. The van der Waals surface area contributed by atoms with Gasteiger partial charge in [-0.05, 0) is 19.9 Å². The minimum Gasteiger partial charge on any atom is -0.434 e. The zero-order chi connectivity index (χ0) is 23.0. The smallest absolute Gasteiger partial charge is 0.434 e. The first-order chi connectivity index (χ1) is 13.5. The number of rotatable bonds is 2. The quantitative estimate of drug-likeness (QED) is 0.342. The van der Waals surface area contributed by atoms with Crippen molar-refractivity contribution in [1.29, 1.82) is 0 Å². The fourth-order valence-corrected chi connectivity index (χ4v) is 3.60. The summed E-state index contributed by atoms with van der Waals surface area (Å²) in [5.74, 6) is -11.6. The Morgan fingerprint density at radius 1 is 0.967 bits per heavy atom. The van der Waals surface area contributed by atoms with E-state index in [1.807, 2.05) is 0 Å². The highest BCUT2D eigenvalue weighted by molar-refractivity contribution is 6.20. The fraction of sp³-hybridized carbons (Fsp3) is 0.533. The van der Waals surface area contributed by atoms with Gasteiger partial charge in [0.05, 0.1) is 0 Å². The van der Waals surface area contributed by atoms with Crippen LogP contribution in [0.1, 0.15) is 13.8 Å². The number of amides is 1. The SMILES string of the molecule is CC1(OC(=O)C(F)(F)F)C(=O)C2C3C(=O)C=CN(N2C1=O)C3(C)OC(=O)C(F)(F)F. The molecule has 0 spiro atoms. The molecule has 3 aliphatic heterocycles. The Hall–Kier alpha value is -3.13. The molecule has 15 heteroatoms. The predicted octanol–water partition coefficient (Wildman–Crippen LogP) is 0.395. The largest absolute Gasteiger partial charge is 0.491 e. The number of nitrogens with zero attached hydrogens (tertiary/aromatic N) is 2. The van der Waals surface area contributed by atoms with Gasteiger partial charge in [-0.1, -0.05) is 0 Å². The highest BCUT2D eigenvalue weighted by atomic mass is 19.4. The molecule has 3 aliphatic rings. The summed E-state index contributed by atoms with van der Waals surface area (Å²) in [6.07, 6.45) is -9.53. The van der Waals surface area contributed by atoms with Crippen LogP contribution in [-0.2, 0) is 33.4 Å². The maximum atomic E-state index is 12.8. The van der Waals surface area contributed by atoms with Gasteiger partial charge in [-0.3, -0.25) is 14.4 Å². The zero-order valence-corrected chi connectivity index (χ0v) is 14.8. The van der Waals surface area contributed by atoms with Gasteiger partial charge in [0.1, 0.15) is 12.0 Å². The van der Waals surface area contributed by atoms with Crippen LogP contribution in [0.15, 0.2) is 12.3 Å². The van der Waals surface area contributed by atoms with Gasteiger partial charge in [0.15, 0.2) is 5.78 Å². The number of ether oxygens (including phenoxy) is 2. The van der Waals surface area contributed by atoms with Crippen molar-refractivity contribution in [3.05, 3.63) is 12.3 Å². The van der Waals surface area contributed by atoms with E-state index >= 15 is 0 Å². The van der Waals surface area contributed by atoms with Crippen LogP contribution in [0.3, 0.4) is 0 Å². The molecule has 2 saturated heterocycles. The zero-order valence-electron chi connectivity index (χ0n) is 14.8. The van der Waals surface area contributed by atoms with E-state index in [1.54, 1.807) is 0 Å². The molecule has 0 saturated carbocycles. The van der Waals surface area contributed by atoms with Gasteiger partial charge in [-0.25, -0.2) is 19.6 Å². The average molecular weight is 444 g/mol. The summed E-state index contributed by atoms with van der Waals surface area (Å²) < 4.78 is 84.1. The Bertz CT molecular complexity index is 912. The van der Waals surface area contributed by atoms with Crippen molar-refractivity contribution in [1.82, 2.24) is 10.0 Å². The number of fused-ring (bicyclic) bond motifs is 5. The molecule has 0 radical (unpaired) electrons. The Morgan fingerprint density at radius 3 is 1.97 bits per heavy atom. The van der Waals surface area contributed by atoms with Crippen LogP contribution in [0, 0.1) is 5.92 Å². The number of halogens is 6. The van der Waals surface area contributed by atoms with Crippen LogP contribution in [0.5, 0.6) is 0 Å². The number of allylic oxidation sites excluding steroid dienone is 1. The van der Waals surface area contributed by atoms with Gasteiger partial charge in [-0.15, -0.1) is 0 Å². The highest BCUT2D eigenvalue weighted by Gasteiger charge is 2.75. The lowest BCUT2D eigenvalue weighted by Gasteiger charge is -2.41. The summed E-state index contributed by atoms with van der Waals surface area (Å²) in [4.78, 5) is 60.3. The standard InChI is InChI=1S/C15H10F6N2O7/c1-12(29-10(27)14(16,17)18)8(25)7-6-5(24)3-4-22(23(7)9(12)26)13(6,2)30-11(28)15(19,20)21/h3-4,6-7H,1-2H3. The summed E-state index contributed by atoms with van der Waals surface area (Å²) in [5.41, 5.74) is -5.50. The number of hydrogen-bond acceptors (Lipinski definition) is 8. The molecule has 164 valence electrons. The summed E-state index contributed by atoms with van der Waals surface area (Å²) in [6.45, 7) is 1.38. The Kier molecular flexibility index (Phi) is 4.28. The van der Waals surface area contributed by atoms with E-state index in [2.05, 4.69) is 9.47 Å². The lowest BCUT2D eigenvalue weighted by Crippen LogP contribution is -2.59. The first kappa shape index (κ1) is 21.6. The fourth-order valence-electron chi connectivity index (χ4n) is 3.60. The number of ketones is 2. The van der Waals surface area contributed by atoms with Gasteiger partial charge >= 0.3 is 24.3 Å². The van der Waals surface area contributed by atoms with E-state index in [1.165, 1.54) is 0 Å². The Balaban J connectivity index is 2.03. The Labute approximate surface area is 162 Å². The molecule has 9 nitrogen and oxygen atoms in total. The molecule has 3 heterocycles. The topological polar surface area (TPSA) is 110 Å². The lowest BCUT2D eigenvalue weighted by molar-refractivity contribution is -0.237. The van der Waals surface area contributed by atoms with E-state index in [0.29, 0.717) is 16.9 Å². The van der Waals surface area contributed by atoms with Crippen molar-refractivity contribution in [2.45, 2.75) is 43.6 Å². The molecular weight excluding hydrogens is 434 g/mol. The molecule has 0 N–H and O–H groups in total. The summed E-state index contributed by atoms with van der Waals surface area (Å²) in [6, 6.07) is -1.97. The van der Waals surface area contributed by atoms with Crippen LogP contribution in [0.2, 0.25) is 0 Å². The molecule has 30 heavy (non-hydrogen) atoms. The minimum atomic E-state index is -5.56. The monoisotopic (exact) mass is 444 g/mol. The van der Waals surface area contributed by atoms with Crippen molar-refractivity contribution in [3.8, 4) is 0 Å². The maximum absolute atomic E-state index is 12.8. The first-order valence-electron chi connectivity index (χ1n) is 7.96. The van der Waals surface area contributed by atoms with E-state index in [-0.39, 0.29) is 0 Å². The van der Waals surface area contributed by atoms with Gasteiger partial charge in [0, 0.05) is 6.20 Å². The minimum absolute atomic E-state index is 0.349. The lowest BCUT2D eigenvalue weighted by atomic mass is 9.82. The third kappa shape index (κ3) is 2.74. The van der Waals surface area contributed by atoms with E-state index in [4.69, 9.17) is 0 Å². The Morgan fingerprint density at radius 2 is 1.47 bits per heavy atom. The van der Waals surface area contributed by atoms with Crippen LogP contribution < -0.4 is 0 Å². The highest BCUT2D eigenvalue weighted by Crippen LogP contribution is 2.50. The van der Waals surface area contributed by atoms with E-state index in [9.17, 15) is 50.3 Å². The third-order valence-electron chi connectivity index (χ3n) is 4.94. The summed E-state index contributed by atoms with van der Waals surface area (Å²) in [5, 5.41) is 0.863. The molecular formula is C15H10F6N2O7. The molecule has 0 aromatic heterocycles. The molecule has 4 unspecified atom stereocenters. The van der Waals surface area contributed by atoms with Gasteiger partial charge < -0.3 is 9.47 Å². The normalized spacial score (nSPS) is 33.1. The van der Waals surface area contributed by atoms with Crippen molar-refractivity contribution < 1.29 is 59.8 Å². The van der Waals surface area contributed by atoms with Crippen molar-refractivity contribution in [2.24, 2.45) is 5.92 Å². The number of hydrazine groups is 1. The molecule has 0 aliphatic carbocycles. The average Bonchev–Trinajstić information content (AvgIpc) is 2.83. The molecule has 4 atom stereocenters. The van der Waals surface area contributed by atoms with Crippen molar-refractivity contribution in [3.63, 3.8) is 0 Å². The van der Waals surface area contributed by atoms with Gasteiger partial charge in [-0.2, -0.15) is 26.3 Å². The van der Waals surface area contributed by atoms with E-state index in [0.717, 1.165) is 19.2 Å². The number of carbonyl (C=O) groups is 5.